The molecule has 0 unspecified atom stereocenters. The molecule has 0 aromatic carbocycles. The second kappa shape index (κ2) is 12.1. The number of aryl methyl sites for hydroxylation is 1. The van der Waals surface area contributed by atoms with Gasteiger partial charge < -0.3 is 29.7 Å². The third-order valence-corrected chi connectivity index (χ3v) is 5.74. The molecule has 0 saturated carbocycles. The number of carbonyl (C=O) groups is 6. The molecule has 1 aliphatic heterocycles. The summed E-state index contributed by atoms with van der Waals surface area (Å²) in [6.07, 6.45) is 6.62. The molecule has 0 spiro atoms. The number of hydrazine groups is 1. The Hall–Kier alpha value is -3.80. The van der Waals surface area contributed by atoms with E-state index in [-0.39, 0.29) is 24.5 Å². The molecule has 4 N–H and O–H groups in total. The highest BCUT2D eigenvalue weighted by atomic mass is 16.4. The van der Waals surface area contributed by atoms with E-state index in [1.807, 2.05) is 12.2 Å². The van der Waals surface area contributed by atoms with Crippen LogP contribution in [-0.2, 0) is 30.4 Å². The molecule has 1 aromatic rings. The number of aliphatic carboxylic acids is 1. The van der Waals surface area contributed by atoms with Crippen LogP contribution in [-0.4, -0.2) is 71.0 Å². The smallest absolute Gasteiger partial charge is 0.305 e. The number of hydrogen-bond acceptors (Lipinski definition) is 8. The highest BCUT2D eigenvalue weighted by molar-refractivity contribution is 5.94. The summed E-state index contributed by atoms with van der Waals surface area (Å²) in [5.74, 6) is -1.92. The van der Waals surface area contributed by atoms with E-state index in [2.05, 4.69) is 16.1 Å². The van der Waals surface area contributed by atoms with Gasteiger partial charge in [-0.3, -0.25) is 24.2 Å². The first-order valence-corrected chi connectivity index (χ1v) is 11.4. The van der Waals surface area contributed by atoms with Gasteiger partial charge in [0.2, 0.25) is 11.8 Å². The van der Waals surface area contributed by atoms with Crippen molar-refractivity contribution in [2.75, 3.05) is 6.54 Å². The summed E-state index contributed by atoms with van der Waals surface area (Å²) in [5.41, 5.74) is 3.61. The van der Waals surface area contributed by atoms with Gasteiger partial charge in [-0.25, -0.2) is 5.43 Å². The number of fused-ring (bicyclic) bond motifs is 1. The summed E-state index contributed by atoms with van der Waals surface area (Å²) in [6.45, 7) is 0.332. The number of allylic oxidation sites excluding steroid dienone is 1. The fraction of sp³-hybridized carbons (Fsp3) is 0.478. The average Bonchev–Trinajstić information content (AvgIpc) is 3.30. The van der Waals surface area contributed by atoms with Crippen molar-refractivity contribution in [3.63, 3.8) is 0 Å². The van der Waals surface area contributed by atoms with Crippen molar-refractivity contribution in [2.24, 2.45) is 0 Å². The van der Waals surface area contributed by atoms with Crippen LogP contribution in [0, 0.1) is 0 Å². The average molecular weight is 488 g/mol. The molecule has 0 radical (unpaired) electrons. The molecule has 1 aliphatic carbocycles. The Bertz CT molecular complexity index is 1020. The van der Waals surface area contributed by atoms with Crippen LogP contribution in [0.15, 0.2) is 16.6 Å². The summed E-state index contributed by atoms with van der Waals surface area (Å²) >= 11 is 0. The highest BCUT2D eigenvalue weighted by Crippen LogP contribution is 2.23. The topological polar surface area (TPSA) is 175 Å². The van der Waals surface area contributed by atoms with Crippen molar-refractivity contribution < 1.29 is 38.3 Å². The van der Waals surface area contributed by atoms with Gasteiger partial charge in [0.1, 0.15) is 24.4 Å². The van der Waals surface area contributed by atoms with Crippen LogP contribution in [0.25, 0.3) is 6.08 Å². The molecule has 188 valence electrons. The predicted octanol–water partition coefficient (Wildman–Crippen LogP) is -0.0295. The molecule has 2 heterocycles. The number of furan rings is 1. The summed E-state index contributed by atoms with van der Waals surface area (Å²) in [5, 5.41) is 15.0. The molecule has 3 atom stereocenters. The van der Waals surface area contributed by atoms with E-state index in [1.54, 1.807) is 6.07 Å². The van der Waals surface area contributed by atoms with Crippen LogP contribution in [0.5, 0.6) is 0 Å². The monoisotopic (exact) mass is 488 g/mol. The minimum atomic E-state index is -1.23. The molecule has 12 heteroatoms. The van der Waals surface area contributed by atoms with Gasteiger partial charge in [0.15, 0.2) is 5.76 Å². The number of rotatable bonds is 11. The van der Waals surface area contributed by atoms with Crippen molar-refractivity contribution in [1.29, 1.82) is 0 Å². The molecule has 35 heavy (non-hydrogen) atoms. The Morgan fingerprint density at radius 2 is 1.97 bits per heavy atom. The van der Waals surface area contributed by atoms with Crippen molar-refractivity contribution in [2.45, 2.75) is 63.1 Å². The van der Waals surface area contributed by atoms with E-state index in [9.17, 15) is 28.8 Å². The van der Waals surface area contributed by atoms with E-state index >= 15 is 0 Å². The Labute approximate surface area is 201 Å². The van der Waals surface area contributed by atoms with E-state index < -0.39 is 42.3 Å². The first-order chi connectivity index (χ1) is 16.8. The summed E-state index contributed by atoms with van der Waals surface area (Å²) in [6, 6.07) is -1.27. The Morgan fingerprint density at radius 1 is 1.20 bits per heavy atom. The van der Waals surface area contributed by atoms with Gasteiger partial charge >= 0.3 is 5.97 Å². The first kappa shape index (κ1) is 25.8. The zero-order valence-corrected chi connectivity index (χ0v) is 19.0. The number of carboxylic acids is 1. The second-order valence-corrected chi connectivity index (χ2v) is 8.40. The van der Waals surface area contributed by atoms with Crippen LogP contribution in [0.1, 0.15) is 60.4 Å². The second-order valence-electron chi connectivity index (χ2n) is 8.40. The van der Waals surface area contributed by atoms with Crippen molar-refractivity contribution in [3.8, 4) is 0 Å². The Balaban J connectivity index is 1.48. The highest BCUT2D eigenvalue weighted by Gasteiger charge is 2.30. The van der Waals surface area contributed by atoms with Crippen molar-refractivity contribution >= 4 is 42.3 Å². The minimum absolute atomic E-state index is 0.0509. The molecule has 3 rings (SSSR count). The van der Waals surface area contributed by atoms with Gasteiger partial charge in [-0.1, -0.05) is 12.2 Å². The normalized spacial score (nSPS) is 18.6. The first-order valence-electron chi connectivity index (χ1n) is 11.4. The van der Waals surface area contributed by atoms with Gasteiger partial charge in [0.05, 0.1) is 18.5 Å². The molecule has 1 saturated heterocycles. The van der Waals surface area contributed by atoms with Crippen LogP contribution < -0.4 is 16.1 Å². The molecular formula is C23H28N4O8. The van der Waals surface area contributed by atoms with Gasteiger partial charge in [0.25, 0.3) is 5.91 Å². The molecule has 1 aromatic heterocycles. The zero-order valence-electron chi connectivity index (χ0n) is 19.0. The number of hydrogen-bond donors (Lipinski definition) is 4. The maximum Gasteiger partial charge on any atom is 0.305 e. The molecule has 12 nitrogen and oxygen atoms in total. The zero-order chi connectivity index (χ0) is 25.4. The van der Waals surface area contributed by atoms with Crippen LogP contribution in [0.3, 0.4) is 0 Å². The third-order valence-electron chi connectivity index (χ3n) is 5.74. The number of aldehydes is 2. The number of nitrogens with one attached hydrogen (secondary N) is 3. The Kier molecular flexibility index (Phi) is 8.90. The standard InChI is InChI=1S/C23H28N4O8/c28-12-15(24-23(34)19-10-14-4-1-2-6-18(14)35-19)7-8-20(30)27-9-3-5-17(26-27)22(33)25-16(13-29)11-21(31)32/h1,4,10,12-13,15-17,26H,2-3,5-9,11H2,(H,24,34)(H,25,33)(H,31,32)/t15-,16-,17-/m0/s1. The van der Waals surface area contributed by atoms with Crippen LogP contribution in [0.4, 0.5) is 0 Å². The van der Waals surface area contributed by atoms with Crippen LogP contribution >= 0.6 is 0 Å². The maximum absolute atomic E-state index is 12.6. The maximum atomic E-state index is 12.6. The lowest BCUT2D eigenvalue weighted by molar-refractivity contribution is -0.140. The summed E-state index contributed by atoms with van der Waals surface area (Å²) < 4.78 is 5.57. The Morgan fingerprint density at radius 3 is 2.66 bits per heavy atom. The van der Waals surface area contributed by atoms with Gasteiger partial charge in [0, 0.05) is 24.9 Å². The molecule has 2 aliphatic rings. The number of carbonyl (C=O) groups excluding carboxylic acids is 5. The van der Waals surface area contributed by atoms with Gasteiger partial charge in [-0.15, -0.1) is 0 Å². The molecule has 3 amide bonds. The number of carboxylic acid groups (broad SMARTS) is 1. The van der Waals surface area contributed by atoms with E-state index in [1.165, 1.54) is 5.01 Å². The van der Waals surface area contributed by atoms with E-state index in [4.69, 9.17) is 9.52 Å². The van der Waals surface area contributed by atoms with E-state index in [0.29, 0.717) is 44.1 Å². The predicted molar refractivity (Wildman–Crippen MR) is 121 cm³/mol. The molecular weight excluding hydrogens is 460 g/mol. The van der Waals surface area contributed by atoms with Crippen LogP contribution in [0.2, 0.25) is 0 Å². The lowest BCUT2D eigenvalue weighted by Gasteiger charge is -2.33. The van der Waals surface area contributed by atoms with E-state index in [0.717, 1.165) is 12.0 Å². The lowest BCUT2D eigenvalue weighted by atomic mass is 10.1. The lowest BCUT2D eigenvalue weighted by Crippen LogP contribution is -2.58. The van der Waals surface area contributed by atoms with Crippen molar-refractivity contribution in [1.82, 2.24) is 21.1 Å². The molecule has 0 bridgehead atoms. The molecule has 1 fully saturated rings. The third kappa shape index (κ3) is 7.09. The minimum Gasteiger partial charge on any atom is -0.481 e. The number of nitrogens with zero attached hydrogens (tertiary/aromatic N) is 1. The summed E-state index contributed by atoms with van der Waals surface area (Å²) in [4.78, 5) is 70.8. The fourth-order valence-corrected chi connectivity index (χ4v) is 3.91. The quantitative estimate of drug-likeness (QED) is 0.312. The largest absolute Gasteiger partial charge is 0.481 e. The number of amides is 3. The van der Waals surface area contributed by atoms with Gasteiger partial charge in [-0.2, -0.15) is 0 Å². The van der Waals surface area contributed by atoms with Crippen molar-refractivity contribution in [3.05, 3.63) is 29.2 Å². The SMILES string of the molecule is O=C[C@H](CCC(=O)N1CCC[C@@H](C(=O)N[C@H](C=O)CC(=O)O)N1)NC(=O)c1cc2c(o1)CCC=C2. The van der Waals surface area contributed by atoms with Gasteiger partial charge in [-0.05, 0) is 31.7 Å². The fourth-order valence-electron chi connectivity index (χ4n) is 3.91. The summed E-state index contributed by atoms with van der Waals surface area (Å²) in [7, 11) is 0.